The second-order valence-corrected chi connectivity index (χ2v) is 5.99. The van der Waals surface area contributed by atoms with E-state index in [0.717, 1.165) is 50.2 Å². The van der Waals surface area contributed by atoms with E-state index >= 15 is 0 Å². The molecule has 1 aliphatic rings. The molecule has 0 atom stereocenters. The van der Waals surface area contributed by atoms with Gasteiger partial charge in [0, 0.05) is 31.9 Å². The predicted octanol–water partition coefficient (Wildman–Crippen LogP) is 2.89. The molecule has 1 aromatic rings. The fraction of sp³-hybridized carbons (Fsp3) is 0.611. The molecule has 2 rings (SSSR count). The van der Waals surface area contributed by atoms with Gasteiger partial charge in [0.05, 0.1) is 13.7 Å². The van der Waals surface area contributed by atoms with Gasteiger partial charge in [0.1, 0.15) is 11.5 Å². The maximum absolute atomic E-state index is 9.91. The van der Waals surface area contributed by atoms with Gasteiger partial charge in [0.15, 0.2) is 5.96 Å². The van der Waals surface area contributed by atoms with E-state index in [1.54, 1.807) is 25.3 Å². The number of phenols is 1. The molecule has 1 aromatic carbocycles. The first-order valence-corrected chi connectivity index (χ1v) is 8.68. The Morgan fingerprint density at radius 2 is 2.12 bits per heavy atom. The fourth-order valence-electron chi connectivity index (χ4n) is 2.24. The van der Waals surface area contributed by atoms with Crippen LogP contribution in [-0.2, 0) is 11.3 Å². The van der Waals surface area contributed by atoms with Gasteiger partial charge in [0.2, 0.25) is 0 Å². The number of nitrogens with one attached hydrogen (secondary N) is 2. The highest BCUT2D eigenvalue weighted by molar-refractivity contribution is 14.0. The van der Waals surface area contributed by atoms with Crippen LogP contribution >= 0.6 is 24.0 Å². The molecule has 0 heterocycles. The second kappa shape index (κ2) is 12.2. The number of hydrogen-bond acceptors (Lipinski definition) is 4. The molecule has 0 aliphatic heterocycles. The maximum atomic E-state index is 9.91. The van der Waals surface area contributed by atoms with Gasteiger partial charge in [-0.3, -0.25) is 0 Å². The number of guanidine groups is 1. The van der Waals surface area contributed by atoms with E-state index in [1.807, 2.05) is 6.92 Å². The van der Waals surface area contributed by atoms with Crippen LogP contribution in [0.1, 0.15) is 31.7 Å². The number of halogens is 1. The van der Waals surface area contributed by atoms with Gasteiger partial charge < -0.3 is 25.2 Å². The predicted molar refractivity (Wildman–Crippen MR) is 111 cm³/mol. The number of ether oxygens (including phenoxy) is 2. The van der Waals surface area contributed by atoms with Gasteiger partial charge in [-0.1, -0.05) is 0 Å². The van der Waals surface area contributed by atoms with E-state index in [0.29, 0.717) is 12.3 Å². The molecule has 25 heavy (non-hydrogen) atoms. The van der Waals surface area contributed by atoms with Crippen LogP contribution in [-0.4, -0.2) is 44.5 Å². The molecule has 1 aliphatic carbocycles. The normalized spacial score (nSPS) is 13.9. The van der Waals surface area contributed by atoms with Crippen molar-refractivity contribution in [2.24, 2.45) is 10.9 Å². The van der Waals surface area contributed by atoms with E-state index in [2.05, 4.69) is 15.6 Å². The summed E-state index contributed by atoms with van der Waals surface area (Å²) in [6.45, 7) is 5.69. The smallest absolute Gasteiger partial charge is 0.191 e. The van der Waals surface area contributed by atoms with Crippen molar-refractivity contribution in [2.45, 2.75) is 32.7 Å². The lowest BCUT2D eigenvalue weighted by atomic mass is 10.2. The van der Waals surface area contributed by atoms with Gasteiger partial charge in [-0.15, -0.1) is 24.0 Å². The first-order valence-electron chi connectivity index (χ1n) is 8.68. The molecule has 0 aromatic heterocycles. The minimum absolute atomic E-state index is 0. The zero-order valence-electron chi connectivity index (χ0n) is 15.1. The average molecular weight is 463 g/mol. The molecule has 142 valence electrons. The second-order valence-electron chi connectivity index (χ2n) is 5.99. The Kier molecular flexibility index (Phi) is 10.6. The van der Waals surface area contributed by atoms with Gasteiger partial charge in [0.25, 0.3) is 0 Å². The van der Waals surface area contributed by atoms with Crippen LogP contribution in [0, 0.1) is 5.92 Å². The Morgan fingerprint density at radius 3 is 2.80 bits per heavy atom. The molecule has 0 bridgehead atoms. The number of benzene rings is 1. The van der Waals surface area contributed by atoms with Crippen LogP contribution in [0.3, 0.4) is 0 Å². The Bertz CT molecular complexity index is 536. The van der Waals surface area contributed by atoms with Crippen LogP contribution < -0.4 is 15.4 Å². The van der Waals surface area contributed by atoms with E-state index in [-0.39, 0.29) is 29.7 Å². The van der Waals surface area contributed by atoms with Crippen molar-refractivity contribution in [3.05, 3.63) is 23.8 Å². The summed E-state index contributed by atoms with van der Waals surface area (Å²) in [5.74, 6) is 2.49. The van der Waals surface area contributed by atoms with Crippen molar-refractivity contribution in [3.63, 3.8) is 0 Å². The maximum Gasteiger partial charge on any atom is 0.191 e. The molecule has 1 saturated carbocycles. The molecule has 0 unspecified atom stereocenters. The zero-order chi connectivity index (χ0) is 17.2. The molecule has 0 spiro atoms. The third-order valence-electron chi connectivity index (χ3n) is 3.85. The van der Waals surface area contributed by atoms with Crippen molar-refractivity contribution in [1.29, 1.82) is 0 Å². The van der Waals surface area contributed by atoms with Crippen LogP contribution in [0.25, 0.3) is 0 Å². The van der Waals surface area contributed by atoms with Crippen molar-refractivity contribution < 1.29 is 14.6 Å². The molecule has 0 radical (unpaired) electrons. The molecule has 6 nitrogen and oxygen atoms in total. The summed E-state index contributed by atoms with van der Waals surface area (Å²) in [5, 5.41) is 16.4. The average Bonchev–Trinajstić information content (AvgIpc) is 3.41. The first-order chi connectivity index (χ1) is 11.7. The minimum Gasteiger partial charge on any atom is -0.508 e. The lowest BCUT2D eigenvalue weighted by Crippen LogP contribution is -2.38. The molecule has 7 heteroatoms. The molecular formula is C18H30IN3O3. The van der Waals surface area contributed by atoms with E-state index < -0.39 is 0 Å². The highest BCUT2D eigenvalue weighted by Gasteiger charge is 2.20. The molecule has 0 amide bonds. The lowest BCUT2D eigenvalue weighted by Gasteiger charge is -2.12. The summed E-state index contributed by atoms with van der Waals surface area (Å²) in [6.07, 6.45) is 3.60. The number of methoxy groups -OCH3 is 1. The first kappa shape index (κ1) is 21.8. The summed E-state index contributed by atoms with van der Waals surface area (Å²) in [7, 11) is 1.61. The van der Waals surface area contributed by atoms with Gasteiger partial charge >= 0.3 is 0 Å². The van der Waals surface area contributed by atoms with Crippen molar-refractivity contribution in [3.8, 4) is 11.5 Å². The minimum atomic E-state index is 0. The number of aromatic hydroxyl groups is 1. The van der Waals surface area contributed by atoms with Crippen molar-refractivity contribution >= 4 is 29.9 Å². The van der Waals surface area contributed by atoms with E-state index in [9.17, 15) is 5.11 Å². The van der Waals surface area contributed by atoms with Gasteiger partial charge in [-0.25, -0.2) is 4.99 Å². The van der Waals surface area contributed by atoms with Crippen LogP contribution in [0.2, 0.25) is 0 Å². The third kappa shape index (κ3) is 8.62. The highest BCUT2D eigenvalue weighted by Crippen LogP contribution is 2.28. The van der Waals surface area contributed by atoms with E-state index in [1.165, 1.54) is 12.8 Å². The number of hydrogen-bond donors (Lipinski definition) is 3. The number of rotatable bonds is 10. The summed E-state index contributed by atoms with van der Waals surface area (Å²) in [4.78, 5) is 4.51. The monoisotopic (exact) mass is 463 g/mol. The number of phenolic OH excluding ortho intramolecular Hbond substituents is 1. The van der Waals surface area contributed by atoms with Crippen LogP contribution in [0.5, 0.6) is 11.5 Å². The summed E-state index contributed by atoms with van der Waals surface area (Å²) in [6, 6.07) is 5.16. The largest absolute Gasteiger partial charge is 0.508 e. The topological polar surface area (TPSA) is 75.1 Å². The third-order valence-corrected chi connectivity index (χ3v) is 3.85. The standard InChI is InChI=1S/C18H29N3O3.HI/c1-3-19-18(20-9-4-10-24-13-14-5-6-14)21-12-15-11-16(23-2)7-8-17(15)22;/h7-8,11,14,22H,3-6,9-10,12-13H2,1-2H3,(H2,19,20,21);1H. The van der Waals surface area contributed by atoms with Crippen LogP contribution in [0.15, 0.2) is 23.2 Å². The summed E-state index contributed by atoms with van der Waals surface area (Å²) >= 11 is 0. The Balaban J connectivity index is 0.00000312. The highest BCUT2D eigenvalue weighted by atomic mass is 127. The Hall–Kier alpha value is -1.22. The lowest BCUT2D eigenvalue weighted by molar-refractivity contribution is 0.123. The number of nitrogens with zero attached hydrogens (tertiary/aromatic N) is 1. The van der Waals surface area contributed by atoms with Gasteiger partial charge in [-0.2, -0.15) is 0 Å². The molecular weight excluding hydrogens is 433 g/mol. The van der Waals surface area contributed by atoms with Crippen molar-refractivity contribution in [2.75, 3.05) is 33.4 Å². The fourth-order valence-corrected chi connectivity index (χ4v) is 2.24. The Morgan fingerprint density at radius 1 is 1.32 bits per heavy atom. The molecule has 1 fully saturated rings. The summed E-state index contributed by atoms with van der Waals surface area (Å²) < 4.78 is 10.8. The van der Waals surface area contributed by atoms with Gasteiger partial charge in [-0.05, 0) is 50.3 Å². The SMILES string of the molecule is CCNC(=NCc1cc(OC)ccc1O)NCCCOCC1CC1.I. The zero-order valence-corrected chi connectivity index (χ0v) is 17.4. The summed E-state index contributed by atoms with van der Waals surface area (Å²) in [5.41, 5.74) is 0.735. The number of aliphatic imine (C=N–C) groups is 1. The van der Waals surface area contributed by atoms with Crippen LogP contribution in [0.4, 0.5) is 0 Å². The van der Waals surface area contributed by atoms with Crippen molar-refractivity contribution in [1.82, 2.24) is 10.6 Å². The molecule has 0 saturated heterocycles. The Labute approximate surface area is 167 Å². The van der Waals surface area contributed by atoms with E-state index in [4.69, 9.17) is 9.47 Å². The molecule has 3 N–H and O–H groups in total. The quantitative estimate of drug-likeness (QED) is 0.215.